The first-order chi connectivity index (χ1) is 15.8. The smallest absolute Gasteiger partial charge is 0.171 e. The number of hydrogen-bond acceptors (Lipinski definition) is 4. The fraction of sp³-hybridized carbons (Fsp3) is 0.111. The Bertz CT molecular complexity index is 1330. The molecule has 5 heteroatoms. The van der Waals surface area contributed by atoms with Gasteiger partial charge in [0.05, 0.1) is 6.42 Å². The average molecular weight is 439 g/mol. The number of Topliss-reactive ketones (excluding diaryl/α,β-unsaturated/α-hetero) is 1. The Labute approximate surface area is 190 Å². The number of ketones is 1. The number of hydrogen-bond donors (Lipinski definition) is 0. The number of thiazole rings is 1. The van der Waals surface area contributed by atoms with Crippen molar-refractivity contribution in [1.82, 2.24) is 9.55 Å². The minimum atomic E-state index is 0.0666. The third-order valence-corrected chi connectivity index (χ3v) is 6.17. The lowest BCUT2D eigenvalue weighted by Crippen LogP contribution is -2.03. The van der Waals surface area contributed by atoms with Crippen molar-refractivity contribution in [3.63, 3.8) is 0 Å². The molecule has 3 aromatic carbocycles. The zero-order valence-electron chi connectivity index (χ0n) is 17.5. The molecular weight excluding hydrogens is 416 g/mol. The van der Waals surface area contributed by atoms with Gasteiger partial charge in [-0.05, 0) is 29.3 Å². The highest BCUT2D eigenvalue weighted by molar-refractivity contribution is 7.09. The molecule has 2 heterocycles. The first-order valence-corrected chi connectivity index (χ1v) is 11.4. The van der Waals surface area contributed by atoms with Gasteiger partial charge in [-0.25, -0.2) is 4.98 Å². The molecule has 0 bridgehead atoms. The quantitative estimate of drug-likeness (QED) is 0.273. The largest absolute Gasteiger partial charge is 0.489 e. The van der Waals surface area contributed by atoms with Crippen LogP contribution in [-0.2, 0) is 19.6 Å². The van der Waals surface area contributed by atoms with Gasteiger partial charge in [0.1, 0.15) is 17.4 Å². The summed E-state index contributed by atoms with van der Waals surface area (Å²) in [6.07, 6.45) is 4.01. The topological polar surface area (TPSA) is 44.1 Å². The fourth-order valence-corrected chi connectivity index (χ4v) is 4.43. The monoisotopic (exact) mass is 438 g/mol. The summed E-state index contributed by atoms with van der Waals surface area (Å²) >= 11 is 1.51. The number of benzene rings is 3. The summed E-state index contributed by atoms with van der Waals surface area (Å²) in [6.45, 7) is 1.19. The van der Waals surface area contributed by atoms with Crippen molar-refractivity contribution in [2.75, 3.05) is 0 Å². The van der Waals surface area contributed by atoms with Gasteiger partial charge in [-0.2, -0.15) is 0 Å². The molecule has 4 nitrogen and oxygen atoms in total. The summed E-state index contributed by atoms with van der Waals surface area (Å²) in [7, 11) is 0. The Balaban J connectivity index is 1.49. The van der Waals surface area contributed by atoms with Crippen LogP contribution in [0.25, 0.3) is 10.9 Å². The third-order valence-electron chi connectivity index (χ3n) is 5.39. The highest BCUT2D eigenvalue weighted by Gasteiger charge is 2.17. The summed E-state index contributed by atoms with van der Waals surface area (Å²) in [5.74, 6) is 0.819. The van der Waals surface area contributed by atoms with E-state index in [4.69, 9.17) is 4.74 Å². The first-order valence-electron chi connectivity index (χ1n) is 10.5. The van der Waals surface area contributed by atoms with Gasteiger partial charge in [-0.15, -0.1) is 11.3 Å². The van der Waals surface area contributed by atoms with Gasteiger partial charge in [0.2, 0.25) is 0 Å². The van der Waals surface area contributed by atoms with E-state index in [1.807, 2.05) is 78.3 Å². The van der Waals surface area contributed by atoms with Crippen LogP contribution in [0.1, 0.15) is 26.5 Å². The van der Waals surface area contributed by atoms with Gasteiger partial charge in [-0.1, -0.05) is 60.7 Å². The van der Waals surface area contributed by atoms with Crippen LogP contribution in [-0.4, -0.2) is 15.3 Å². The zero-order valence-corrected chi connectivity index (χ0v) is 18.3. The van der Waals surface area contributed by atoms with E-state index in [-0.39, 0.29) is 5.78 Å². The van der Waals surface area contributed by atoms with Gasteiger partial charge >= 0.3 is 0 Å². The van der Waals surface area contributed by atoms with Gasteiger partial charge in [-0.3, -0.25) is 4.79 Å². The van der Waals surface area contributed by atoms with Crippen molar-refractivity contribution in [2.45, 2.75) is 19.6 Å². The molecule has 0 atom stereocenters. The molecule has 0 saturated carbocycles. The minimum Gasteiger partial charge on any atom is -0.489 e. The molecule has 32 heavy (non-hydrogen) atoms. The van der Waals surface area contributed by atoms with Crippen LogP contribution in [0.2, 0.25) is 0 Å². The van der Waals surface area contributed by atoms with Crippen LogP contribution in [0.15, 0.2) is 96.6 Å². The Morgan fingerprint density at radius 2 is 1.69 bits per heavy atom. The number of nitrogens with zero attached hydrogens (tertiary/aromatic N) is 2. The molecule has 2 aromatic heterocycles. The van der Waals surface area contributed by atoms with E-state index in [2.05, 4.69) is 21.7 Å². The van der Waals surface area contributed by atoms with E-state index in [9.17, 15) is 4.79 Å². The standard InChI is InChI=1S/C27H22N2O2S/c30-26(16-27-28-13-14-32-27)24-18-29(17-20-7-3-1-4-8-20)25-12-11-22(15-23(24)25)31-19-21-9-5-2-6-10-21/h1-15,18H,16-17,19H2. The summed E-state index contributed by atoms with van der Waals surface area (Å²) in [4.78, 5) is 17.5. The molecule has 0 aliphatic rings. The zero-order chi connectivity index (χ0) is 21.8. The second-order valence-corrected chi connectivity index (χ2v) is 8.61. The molecule has 0 aliphatic carbocycles. The number of rotatable bonds is 8. The average Bonchev–Trinajstić information content (AvgIpc) is 3.47. The maximum Gasteiger partial charge on any atom is 0.171 e. The normalized spacial score (nSPS) is 11.0. The lowest BCUT2D eigenvalue weighted by molar-refractivity contribution is 0.0994. The van der Waals surface area contributed by atoms with Crippen molar-refractivity contribution in [1.29, 1.82) is 0 Å². The van der Waals surface area contributed by atoms with Crippen molar-refractivity contribution >= 4 is 28.0 Å². The Morgan fingerprint density at radius 1 is 0.938 bits per heavy atom. The van der Waals surface area contributed by atoms with Crippen LogP contribution < -0.4 is 4.74 Å². The summed E-state index contributed by atoms with van der Waals surface area (Å²) in [6, 6.07) is 26.3. The maximum atomic E-state index is 13.2. The Kier molecular flexibility index (Phi) is 5.81. The second kappa shape index (κ2) is 9.20. The van der Waals surface area contributed by atoms with Crippen LogP contribution >= 0.6 is 11.3 Å². The number of carbonyl (C=O) groups excluding carboxylic acids is 1. The van der Waals surface area contributed by atoms with E-state index >= 15 is 0 Å². The van der Waals surface area contributed by atoms with Gasteiger partial charge in [0, 0.05) is 40.8 Å². The van der Waals surface area contributed by atoms with Gasteiger partial charge in [0.25, 0.3) is 0 Å². The van der Waals surface area contributed by atoms with Crippen molar-refractivity contribution in [3.05, 3.63) is 118 Å². The van der Waals surface area contributed by atoms with Crippen LogP contribution in [0, 0.1) is 0 Å². The molecular formula is C27H22N2O2S. The molecule has 0 radical (unpaired) electrons. The third kappa shape index (κ3) is 4.48. The van der Waals surface area contributed by atoms with E-state index < -0.39 is 0 Å². The second-order valence-electron chi connectivity index (χ2n) is 7.64. The lowest BCUT2D eigenvalue weighted by Gasteiger charge is -2.08. The predicted molar refractivity (Wildman–Crippen MR) is 128 cm³/mol. The highest BCUT2D eigenvalue weighted by atomic mass is 32.1. The molecule has 0 N–H and O–H groups in total. The van der Waals surface area contributed by atoms with Crippen LogP contribution in [0.3, 0.4) is 0 Å². The van der Waals surface area contributed by atoms with E-state index in [1.165, 1.54) is 16.9 Å². The lowest BCUT2D eigenvalue weighted by atomic mass is 10.1. The van der Waals surface area contributed by atoms with Crippen molar-refractivity contribution in [3.8, 4) is 5.75 Å². The molecule has 0 aliphatic heterocycles. The maximum absolute atomic E-state index is 13.2. The van der Waals surface area contributed by atoms with Crippen LogP contribution in [0.5, 0.6) is 5.75 Å². The molecule has 0 saturated heterocycles. The summed E-state index contributed by atoms with van der Waals surface area (Å²) < 4.78 is 8.18. The molecule has 5 rings (SSSR count). The van der Waals surface area contributed by atoms with E-state index in [1.54, 1.807) is 6.20 Å². The SMILES string of the molecule is O=C(Cc1nccs1)c1cn(Cc2ccccc2)c2ccc(OCc3ccccc3)cc12. The van der Waals surface area contributed by atoms with Crippen LogP contribution in [0.4, 0.5) is 0 Å². The van der Waals surface area contributed by atoms with Gasteiger partial charge in [0.15, 0.2) is 5.78 Å². The number of aromatic nitrogens is 2. The van der Waals surface area contributed by atoms with Gasteiger partial charge < -0.3 is 9.30 Å². The molecule has 0 fully saturated rings. The molecule has 158 valence electrons. The van der Waals surface area contributed by atoms with E-state index in [0.717, 1.165) is 27.2 Å². The number of carbonyl (C=O) groups is 1. The fourth-order valence-electron chi connectivity index (χ4n) is 3.81. The minimum absolute atomic E-state index is 0.0666. The van der Waals surface area contributed by atoms with Crippen molar-refractivity contribution in [2.24, 2.45) is 0 Å². The molecule has 0 amide bonds. The number of ether oxygens (including phenoxy) is 1. The summed E-state index contributed by atoms with van der Waals surface area (Å²) in [5.41, 5.74) is 4.02. The summed E-state index contributed by atoms with van der Waals surface area (Å²) in [5, 5.41) is 3.64. The van der Waals surface area contributed by atoms with Crippen molar-refractivity contribution < 1.29 is 9.53 Å². The highest BCUT2D eigenvalue weighted by Crippen LogP contribution is 2.28. The van der Waals surface area contributed by atoms with E-state index in [0.29, 0.717) is 25.1 Å². The predicted octanol–water partition coefficient (Wildman–Crippen LogP) is 6.15. The Hall–Kier alpha value is -3.70. The molecule has 0 unspecified atom stereocenters. The Morgan fingerprint density at radius 3 is 2.41 bits per heavy atom. The molecule has 5 aromatic rings. The molecule has 0 spiro atoms. The first kappa shape index (κ1) is 20.2. The number of fused-ring (bicyclic) bond motifs is 1.